The maximum Gasteiger partial charge on any atom is 0.416 e. The largest absolute Gasteiger partial charge is 0.497 e. The van der Waals surface area contributed by atoms with Crippen molar-refractivity contribution in [2.75, 3.05) is 51.3 Å². The Morgan fingerprint density at radius 3 is 2.54 bits per heavy atom. The van der Waals surface area contributed by atoms with Gasteiger partial charge in [-0.05, 0) is 42.2 Å². The van der Waals surface area contributed by atoms with Gasteiger partial charge in [-0.3, -0.25) is 4.79 Å². The van der Waals surface area contributed by atoms with E-state index in [9.17, 15) is 9.59 Å². The number of carbonyl (C=O) groups excluding carboxylic acids is 2. The van der Waals surface area contributed by atoms with Crippen LogP contribution in [0, 0.1) is 0 Å². The van der Waals surface area contributed by atoms with Crippen LogP contribution in [-0.4, -0.2) is 75.6 Å². The normalized spacial score (nSPS) is 18.4. The van der Waals surface area contributed by atoms with Crippen molar-refractivity contribution in [1.29, 1.82) is 0 Å². The van der Waals surface area contributed by atoms with Crippen LogP contribution < -0.4 is 19.1 Å². The SMILES string of the molecule is C=CCOC(=O)N1c2cc(OCCCBr)c(OC)cc2C(=O)N2CC=C(c3ccc(OC)cc3)C[C@H]2C1OC. The highest BCUT2D eigenvalue weighted by molar-refractivity contribution is 9.09. The summed E-state index contributed by atoms with van der Waals surface area (Å²) in [5.41, 5.74) is 2.66. The van der Waals surface area contributed by atoms with Gasteiger partial charge < -0.3 is 28.6 Å². The van der Waals surface area contributed by atoms with Crippen LogP contribution in [0.25, 0.3) is 5.57 Å². The summed E-state index contributed by atoms with van der Waals surface area (Å²) in [6.07, 6.45) is 3.25. The Kier molecular flexibility index (Phi) is 9.53. The number of carbonyl (C=O) groups is 2. The number of hydrogen-bond donors (Lipinski definition) is 0. The van der Waals surface area contributed by atoms with Crippen LogP contribution in [0.1, 0.15) is 28.8 Å². The van der Waals surface area contributed by atoms with E-state index in [-0.39, 0.29) is 12.5 Å². The zero-order chi connectivity index (χ0) is 27.9. The van der Waals surface area contributed by atoms with E-state index >= 15 is 0 Å². The molecule has 0 saturated heterocycles. The Morgan fingerprint density at radius 2 is 1.90 bits per heavy atom. The van der Waals surface area contributed by atoms with Gasteiger partial charge in [-0.25, -0.2) is 9.69 Å². The fourth-order valence-electron chi connectivity index (χ4n) is 4.85. The molecule has 0 saturated carbocycles. The predicted molar refractivity (Wildman–Crippen MR) is 152 cm³/mol. The summed E-state index contributed by atoms with van der Waals surface area (Å²) in [6, 6.07) is 10.5. The summed E-state index contributed by atoms with van der Waals surface area (Å²) in [6.45, 7) is 4.41. The average molecular weight is 601 g/mol. The van der Waals surface area contributed by atoms with Gasteiger partial charge in [0.15, 0.2) is 17.7 Å². The van der Waals surface area contributed by atoms with Gasteiger partial charge in [-0.1, -0.05) is 46.8 Å². The van der Waals surface area contributed by atoms with E-state index in [0.717, 1.165) is 28.6 Å². The number of alkyl halides is 1. The molecule has 10 heteroatoms. The minimum atomic E-state index is -0.835. The Labute approximate surface area is 237 Å². The molecule has 2 amide bonds. The van der Waals surface area contributed by atoms with Crippen molar-refractivity contribution in [3.8, 4) is 17.2 Å². The third-order valence-electron chi connectivity index (χ3n) is 6.74. The lowest BCUT2D eigenvalue weighted by Crippen LogP contribution is -2.55. The first kappa shape index (κ1) is 28.5. The minimum Gasteiger partial charge on any atom is -0.497 e. The second kappa shape index (κ2) is 13.0. The molecular formula is C29H33BrN2O7. The van der Waals surface area contributed by atoms with Gasteiger partial charge in [0, 0.05) is 25.1 Å². The number of hydrogen-bond acceptors (Lipinski definition) is 7. The van der Waals surface area contributed by atoms with Gasteiger partial charge in [-0.2, -0.15) is 0 Å². The Hall–Kier alpha value is -3.50. The lowest BCUT2D eigenvalue weighted by Gasteiger charge is -2.40. The van der Waals surface area contributed by atoms with Crippen molar-refractivity contribution >= 4 is 39.2 Å². The summed E-state index contributed by atoms with van der Waals surface area (Å²) in [7, 11) is 4.66. The zero-order valence-corrected chi connectivity index (χ0v) is 23.9. The quantitative estimate of drug-likeness (QED) is 0.208. The number of methoxy groups -OCH3 is 3. The van der Waals surface area contributed by atoms with E-state index in [4.69, 9.17) is 23.7 Å². The molecule has 0 aromatic heterocycles. The Balaban J connectivity index is 1.80. The van der Waals surface area contributed by atoms with Crippen molar-refractivity contribution in [2.45, 2.75) is 25.1 Å². The zero-order valence-electron chi connectivity index (χ0n) is 22.4. The van der Waals surface area contributed by atoms with E-state index in [1.54, 1.807) is 24.1 Å². The molecule has 2 atom stereocenters. The minimum absolute atomic E-state index is 0.00515. The molecule has 2 aliphatic heterocycles. The maximum atomic E-state index is 14.0. The van der Waals surface area contributed by atoms with Crippen molar-refractivity contribution in [3.05, 3.63) is 66.3 Å². The standard InChI is InChI=1S/C29H33BrN2O7/c1-5-14-39-29(34)32-23-18-26(38-15-6-12-30)25(36-3)17-22(23)27(33)31-13-11-20(16-24(31)28(32)37-4)19-7-9-21(35-2)10-8-19/h5,7-11,17-18,24,28H,1,6,12-16H2,2-4H3/t24-,28?/m0/s1. The van der Waals surface area contributed by atoms with Gasteiger partial charge in [0.05, 0.1) is 38.1 Å². The highest BCUT2D eigenvalue weighted by Gasteiger charge is 2.45. The number of ether oxygens (including phenoxy) is 5. The number of nitrogens with zero attached hydrogens (tertiary/aromatic N) is 2. The lowest BCUT2D eigenvalue weighted by atomic mass is 9.92. The molecule has 208 valence electrons. The first-order chi connectivity index (χ1) is 19.0. The molecule has 0 aliphatic carbocycles. The van der Waals surface area contributed by atoms with Crippen LogP contribution in [0.3, 0.4) is 0 Å². The summed E-state index contributed by atoms with van der Waals surface area (Å²) >= 11 is 3.40. The van der Waals surface area contributed by atoms with Gasteiger partial charge in [-0.15, -0.1) is 0 Å². The van der Waals surface area contributed by atoms with Crippen LogP contribution in [0.4, 0.5) is 10.5 Å². The van der Waals surface area contributed by atoms with E-state index in [1.807, 2.05) is 30.3 Å². The summed E-state index contributed by atoms with van der Waals surface area (Å²) in [5, 5.41) is 0.769. The second-order valence-electron chi connectivity index (χ2n) is 8.96. The number of anilines is 1. The molecule has 0 fully saturated rings. The van der Waals surface area contributed by atoms with Crippen LogP contribution in [0.2, 0.25) is 0 Å². The van der Waals surface area contributed by atoms with Crippen LogP contribution in [-0.2, 0) is 9.47 Å². The topological polar surface area (TPSA) is 86.8 Å². The Morgan fingerprint density at radius 1 is 1.13 bits per heavy atom. The number of amides is 2. The van der Waals surface area contributed by atoms with Crippen molar-refractivity contribution in [2.24, 2.45) is 0 Å². The van der Waals surface area contributed by atoms with Crippen molar-refractivity contribution < 1.29 is 33.3 Å². The number of rotatable bonds is 10. The first-order valence-corrected chi connectivity index (χ1v) is 13.7. The fourth-order valence-corrected chi connectivity index (χ4v) is 5.08. The lowest BCUT2D eigenvalue weighted by molar-refractivity contribution is 0.0175. The highest BCUT2D eigenvalue weighted by atomic mass is 79.9. The molecule has 4 rings (SSSR count). The molecular weight excluding hydrogens is 568 g/mol. The summed E-state index contributed by atoms with van der Waals surface area (Å²) in [4.78, 5) is 30.6. The first-order valence-electron chi connectivity index (χ1n) is 12.6. The smallest absolute Gasteiger partial charge is 0.416 e. The van der Waals surface area contributed by atoms with Crippen LogP contribution in [0.5, 0.6) is 17.2 Å². The number of benzene rings is 2. The average Bonchev–Trinajstić information content (AvgIpc) is 3.07. The molecule has 2 heterocycles. The molecule has 2 aliphatic rings. The van der Waals surface area contributed by atoms with Gasteiger partial charge in [0.25, 0.3) is 5.91 Å². The van der Waals surface area contributed by atoms with Gasteiger partial charge >= 0.3 is 6.09 Å². The predicted octanol–water partition coefficient (Wildman–Crippen LogP) is 5.28. The van der Waals surface area contributed by atoms with E-state index < -0.39 is 18.4 Å². The molecule has 0 N–H and O–H groups in total. The fraction of sp³-hybridized carbons (Fsp3) is 0.379. The Bertz CT molecular complexity index is 1230. The molecule has 1 unspecified atom stereocenters. The molecule has 0 radical (unpaired) electrons. The monoisotopic (exact) mass is 600 g/mol. The third-order valence-corrected chi connectivity index (χ3v) is 7.30. The van der Waals surface area contributed by atoms with Crippen molar-refractivity contribution in [1.82, 2.24) is 4.90 Å². The van der Waals surface area contributed by atoms with E-state index in [1.165, 1.54) is 25.2 Å². The third kappa shape index (κ3) is 5.91. The number of fused-ring (bicyclic) bond motifs is 2. The van der Waals surface area contributed by atoms with Crippen LogP contribution in [0.15, 0.2) is 55.1 Å². The van der Waals surface area contributed by atoms with Gasteiger partial charge in [0.1, 0.15) is 12.4 Å². The molecule has 9 nitrogen and oxygen atoms in total. The summed E-state index contributed by atoms with van der Waals surface area (Å²) < 4.78 is 28.3. The van der Waals surface area contributed by atoms with Crippen molar-refractivity contribution in [3.63, 3.8) is 0 Å². The van der Waals surface area contributed by atoms with E-state index in [0.29, 0.717) is 42.3 Å². The summed E-state index contributed by atoms with van der Waals surface area (Å²) in [5.74, 6) is 1.32. The number of halogens is 1. The van der Waals surface area contributed by atoms with E-state index in [2.05, 4.69) is 22.5 Å². The molecule has 2 aromatic rings. The molecule has 0 bridgehead atoms. The second-order valence-corrected chi connectivity index (χ2v) is 9.75. The molecule has 0 spiro atoms. The molecule has 2 aromatic carbocycles. The maximum absolute atomic E-state index is 14.0. The van der Waals surface area contributed by atoms with Crippen LogP contribution >= 0.6 is 15.9 Å². The highest BCUT2D eigenvalue weighted by Crippen LogP contribution is 2.42. The van der Waals surface area contributed by atoms with Gasteiger partial charge in [0.2, 0.25) is 0 Å². The molecule has 39 heavy (non-hydrogen) atoms.